The molecule has 126 valence electrons. The largest absolute Gasteiger partial charge is 0.444 e. The Labute approximate surface area is 135 Å². The van der Waals surface area contributed by atoms with Gasteiger partial charge in [-0.2, -0.15) is 0 Å². The predicted octanol–water partition coefficient (Wildman–Crippen LogP) is 2.72. The van der Waals surface area contributed by atoms with Crippen LogP contribution >= 0.6 is 0 Å². The maximum atomic E-state index is 12.0. The zero-order valence-electron chi connectivity index (χ0n) is 13.8. The van der Waals surface area contributed by atoms with Crippen LogP contribution in [0.5, 0.6) is 0 Å². The minimum absolute atomic E-state index is 0.0549. The van der Waals surface area contributed by atoms with E-state index in [0.29, 0.717) is 19.5 Å². The fraction of sp³-hybridized carbons (Fsp3) is 0.600. The Balaban J connectivity index is 2.01. The van der Waals surface area contributed by atoms with Crippen LogP contribution in [-0.2, 0) is 4.74 Å². The molecule has 1 aromatic heterocycles. The van der Waals surface area contributed by atoms with E-state index in [9.17, 15) is 14.9 Å². The molecule has 23 heavy (non-hydrogen) atoms. The van der Waals surface area contributed by atoms with Gasteiger partial charge in [-0.1, -0.05) is 0 Å². The molecule has 1 amide bonds. The number of likely N-dealkylation sites (tertiary alicyclic amines) is 1. The van der Waals surface area contributed by atoms with Crippen LogP contribution in [0, 0.1) is 17.0 Å². The van der Waals surface area contributed by atoms with Gasteiger partial charge in [-0.25, -0.2) is 9.78 Å². The Morgan fingerprint density at radius 2 is 2.22 bits per heavy atom. The maximum Gasteiger partial charge on any atom is 0.410 e. The summed E-state index contributed by atoms with van der Waals surface area (Å²) in [5.41, 5.74) is 0.129. The molecule has 2 rings (SSSR count). The number of rotatable bonds is 3. The number of hydrogen-bond donors (Lipinski definition) is 1. The van der Waals surface area contributed by atoms with Crippen LogP contribution in [0.3, 0.4) is 0 Å². The van der Waals surface area contributed by atoms with E-state index < -0.39 is 10.5 Å². The fourth-order valence-electron chi connectivity index (χ4n) is 2.37. The third kappa shape index (κ3) is 4.54. The molecule has 1 aliphatic rings. The second-order valence-corrected chi connectivity index (χ2v) is 6.69. The highest BCUT2D eigenvalue weighted by Crippen LogP contribution is 2.25. The van der Waals surface area contributed by atoms with E-state index in [-0.39, 0.29) is 23.6 Å². The lowest BCUT2D eigenvalue weighted by Crippen LogP contribution is -2.36. The van der Waals surface area contributed by atoms with Crippen molar-refractivity contribution < 1.29 is 14.5 Å². The van der Waals surface area contributed by atoms with Gasteiger partial charge in [0.1, 0.15) is 5.60 Å². The summed E-state index contributed by atoms with van der Waals surface area (Å²) in [5.74, 6) is 0.233. The van der Waals surface area contributed by atoms with E-state index in [0.717, 1.165) is 5.56 Å². The molecule has 0 saturated carbocycles. The fourth-order valence-corrected chi connectivity index (χ4v) is 2.37. The SMILES string of the molecule is Cc1cnc(N[C@H]2CCN(C(=O)OC(C)(C)C)C2)c([N+](=O)[O-])c1. The summed E-state index contributed by atoms with van der Waals surface area (Å²) in [7, 11) is 0. The maximum absolute atomic E-state index is 12.0. The topological polar surface area (TPSA) is 97.6 Å². The van der Waals surface area contributed by atoms with Crippen LogP contribution in [-0.4, -0.2) is 45.6 Å². The summed E-state index contributed by atoms with van der Waals surface area (Å²) < 4.78 is 5.33. The van der Waals surface area contributed by atoms with Crippen LogP contribution in [0.15, 0.2) is 12.3 Å². The minimum atomic E-state index is -0.542. The van der Waals surface area contributed by atoms with Crippen LogP contribution in [0.25, 0.3) is 0 Å². The number of amides is 1. The average Bonchev–Trinajstić information content (AvgIpc) is 2.87. The van der Waals surface area contributed by atoms with Crippen LogP contribution in [0.4, 0.5) is 16.3 Å². The number of carbonyl (C=O) groups excluding carboxylic acids is 1. The first-order valence-electron chi connectivity index (χ1n) is 7.51. The van der Waals surface area contributed by atoms with Gasteiger partial charge in [0.2, 0.25) is 5.82 Å². The molecule has 0 radical (unpaired) electrons. The molecule has 0 bridgehead atoms. The van der Waals surface area contributed by atoms with E-state index in [1.54, 1.807) is 18.0 Å². The Morgan fingerprint density at radius 1 is 1.52 bits per heavy atom. The molecule has 1 fully saturated rings. The first kappa shape index (κ1) is 17.0. The number of nitro groups is 1. The van der Waals surface area contributed by atoms with E-state index in [1.165, 1.54) is 6.07 Å². The number of aryl methyl sites for hydroxylation is 1. The summed E-state index contributed by atoms with van der Waals surface area (Å²) >= 11 is 0. The third-order valence-electron chi connectivity index (χ3n) is 3.38. The van der Waals surface area contributed by atoms with Gasteiger partial charge in [-0.05, 0) is 39.7 Å². The quantitative estimate of drug-likeness (QED) is 0.679. The van der Waals surface area contributed by atoms with Crippen LogP contribution in [0.2, 0.25) is 0 Å². The zero-order valence-corrected chi connectivity index (χ0v) is 13.8. The van der Waals surface area contributed by atoms with Gasteiger partial charge >= 0.3 is 11.8 Å². The number of aromatic nitrogens is 1. The number of anilines is 1. The number of ether oxygens (including phenoxy) is 1. The predicted molar refractivity (Wildman–Crippen MR) is 85.5 cm³/mol. The summed E-state index contributed by atoms with van der Waals surface area (Å²) in [6.45, 7) is 8.18. The smallest absolute Gasteiger partial charge is 0.410 e. The van der Waals surface area contributed by atoms with Crippen LogP contribution < -0.4 is 5.32 Å². The standard InChI is InChI=1S/C15H22N4O4/c1-10-7-12(19(21)22)13(16-8-10)17-11-5-6-18(9-11)14(20)23-15(2,3)4/h7-8,11H,5-6,9H2,1-4H3,(H,16,17)/t11-/m0/s1. The van der Waals surface area contributed by atoms with Gasteiger partial charge in [0, 0.05) is 31.4 Å². The molecular formula is C15H22N4O4. The van der Waals surface area contributed by atoms with Crippen molar-refractivity contribution in [3.05, 3.63) is 27.9 Å². The second kappa shape index (κ2) is 6.39. The van der Waals surface area contributed by atoms with Gasteiger partial charge in [0.05, 0.1) is 4.92 Å². The summed E-state index contributed by atoms with van der Waals surface area (Å²) in [6, 6.07) is 1.40. The molecule has 1 aliphatic heterocycles. The number of nitrogens with one attached hydrogen (secondary N) is 1. The van der Waals surface area contributed by atoms with Crippen molar-refractivity contribution in [2.45, 2.75) is 45.8 Å². The minimum Gasteiger partial charge on any atom is -0.444 e. The Bertz CT molecular complexity index is 612. The number of nitrogens with zero attached hydrogens (tertiary/aromatic N) is 3. The molecule has 0 unspecified atom stereocenters. The summed E-state index contributed by atoms with van der Waals surface area (Å²) in [4.78, 5) is 28.4. The highest BCUT2D eigenvalue weighted by atomic mass is 16.6. The van der Waals surface area contributed by atoms with E-state index in [4.69, 9.17) is 4.74 Å². The molecule has 1 saturated heterocycles. The Kier molecular flexibility index (Phi) is 4.72. The third-order valence-corrected chi connectivity index (χ3v) is 3.38. The number of carbonyl (C=O) groups is 1. The van der Waals surface area contributed by atoms with Gasteiger partial charge in [0.25, 0.3) is 0 Å². The van der Waals surface area contributed by atoms with Crippen molar-refractivity contribution in [2.24, 2.45) is 0 Å². The van der Waals surface area contributed by atoms with Crippen molar-refractivity contribution in [2.75, 3.05) is 18.4 Å². The summed E-state index contributed by atoms with van der Waals surface area (Å²) in [5, 5.41) is 14.2. The van der Waals surface area contributed by atoms with Crippen molar-refractivity contribution >= 4 is 17.6 Å². The average molecular weight is 322 g/mol. The Hall–Kier alpha value is -2.38. The molecule has 8 nitrogen and oxygen atoms in total. The van der Waals surface area contributed by atoms with Gasteiger partial charge in [0.15, 0.2) is 0 Å². The highest BCUT2D eigenvalue weighted by Gasteiger charge is 2.31. The summed E-state index contributed by atoms with van der Waals surface area (Å²) in [6.07, 6.45) is 1.90. The van der Waals surface area contributed by atoms with Gasteiger partial charge in [-0.15, -0.1) is 0 Å². The highest BCUT2D eigenvalue weighted by molar-refractivity contribution is 5.69. The number of pyridine rings is 1. The molecule has 0 aliphatic carbocycles. The lowest BCUT2D eigenvalue weighted by Gasteiger charge is -2.24. The van der Waals surface area contributed by atoms with Gasteiger partial charge in [-0.3, -0.25) is 10.1 Å². The second-order valence-electron chi connectivity index (χ2n) is 6.69. The lowest BCUT2D eigenvalue weighted by molar-refractivity contribution is -0.384. The van der Waals surface area contributed by atoms with E-state index in [1.807, 2.05) is 20.8 Å². The molecule has 0 spiro atoms. The molecule has 1 N–H and O–H groups in total. The first-order chi connectivity index (χ1) is 10.7. The van der Waals surface area contributed by atoms with Crippen molar-refractivity contribution in [3.63, 3.8) is 0 Å². The Morgan fingerprint density at radius 3 is 2.83 bits per heavy atom. The lowest BCUT2D eigenvalue weighted by atomic mass is 10.2. The van der Waals surface area contributed by atoms with Crippen LogP contribution in [0.1, 0.15) is 32.8 Å². The van der Waals surface area contributed by atoms with Crippen molar-refractivity contribution in [3.8, 4) is 0 Å². The van der Waals surface area contributed by atoms with E-state index >= 15 is 0 Å². The van der Waals surface area contributed by atoms with Crippen molar-refractivity contribution in [1.82, 2.24) is 9.88 Å². The van der Waals surface area contributed by atoms with Crippen molar-refractivity contribution in [1.29, 1.82) is 0 Å². The zero-order chi connectivity index (χ0) is 17.2. The molecule has 8 heteroatoms. The van der Waals surface area contributed by atoms with Gasteiger partial charge < -0.3 is 15.0 Å². The first-order valence-corrected chi connectivity index (χ1v) is 7.51. The molecule has 1 aromatic rings. The molecule has 1 atom stereocenters. The monoisotopic (exact) mass is 322 g/mol. The molecular weight excluding hydrogens is 300 g/mol. The normalized spacial score (nSPS) is 17.9. The van der Waals surface area contributed by atoms with E-state index in [2.05, 4.69) is 10.3 Å². The number of hydrogen-bond acceptors (Lipinski definition) is 6. The molecule has 0 aromatic carbocycles. The molecule has 2 heterocycles.